The van der Waals surface area contributed by atoms with E-state index in [4.69, 9.17) is 16.6 Å². The Morgan fingerprint density at radius 2 is 1.83 bits per heavy atom. The Bertz CT molecular complexity index is 1100. The number of fused-ring (bicyclic) bond motifs is 4. The van der Waals surface area contributed by atoms with E-state index in [-0.39, 0.29) is 5.91 Å². The molecule has 1 amide bonds. The second-order valence-corrected chi connectivity index (χ2v) is 8.71. The molecule has 0 unspecified atom stereocenters. The van der Waals surface area contributed by atoms with Crippen LogP contribution in [-0.4, -0.2) is 23.5 Å². The number of amides is 1. The van der Waals surface area contributed by atoms with Gasteiger partial charge in [0.15, 0.2) is 0 Å². The molecule has 0 radical (unpaired) electrons. The molecule has 1 aliphatic carbocycles. The Morgan fingerprint density at radius 3 is 2.57 bits per heavy atom. The van der Waals surface area contributed by atoms with Gasteiger partial charge in [-0.2, -0.15) is 0 Å². The molecule has 2 aliphatic heterocycles. The molecule has 4 nitrogen and oxygen atoms in total. The lowest BCUT2D eigenvalue weighted by atomic mass is 9.80. The van der Waals surface area contributed by atoms with Crippen molar-refractivity contribution in [3.63, 3.8) is 0 Å². The number of benzene rings is 2. The summed E-state index contributed by atoms with van der Waals surface area (Å²) in [5, 5.41) is 4.63. The molecule has 1 N–H and O–H groups in total. The van der Waals surface area contributed by atoms with Gasteiger partial charge in [0, 0.05) is 34.8 Å². The first kappa shape index (κ1) is 19.1. The highest BCUT2D eigenvalue weighted by molar-refractivity contribution is 6.30. The van der Waals surface area contributed by atoms with Crippen LogP contribution in [0.5, 0.6) is 0 Å². The van der Waals surface area contributed by atoms with Crippen molar-refractivity contribution in [1.29, 1.82) is 0 Å². The van der Waals surface area contributed by atoms with Gasteiger partial charge < -0.3 is 10.2 Å². The molecule has 30 heavy (non-hydrogen) atoms. The van der Waals surface area contributed by atoms with Gasteiger partial charge in [-0.15, -0.1) is 0 Å². The molecular formula is C25H24ClN3O. The zero-order valence-corrected chi connectivity index (χ0v) is 17.5. The summed E-state index contributed by atoms with van der Waals surface area (Å²) in [7, 11) is 0. The Balaban J connectivity index is 1.29. The molecule has 3 fully saturated rings. The van der Waals surface area contributed by atoms with Gasteiger partial charge in [0.1, 0.15) is 5.82 Å². The summed E-state index contributed by atoms with van der Waals surface area (Å²) >= 11 is 5.89. The van der Waals surface area contributed by atoms with Gasteiger partial charge in [0.25, 0.3) is 0 Å². The average molecular weight is 418 g/mol. The van der Waals surface area contributed by atoms with Crippen LogP contribution in [0.1, 0.15) is 31.2 Å². The predicted octanol–water partition coefficient (Wildman–Crippen LogP) is 5.92. The topological polar surface area (TPSA) is 45.2 Å². The monoisotopic (exact) mass is 417 g/mol. The summed E-state index contributed by atoms with van der Waals surface area (Å²) in [4.78, 5) is 19.7. The summed E-state index contributed by atoms with van der Waals surface area (Å²) in [5.41, 5.74) is 2.65. The first-order valence-electron chi connectivity index (χ1n) is 10.6. The molecule has 2 aromatic carbocycles. The van der Waals surface area contributed by atoms with Crippen LogP contribution < -0.4 is 10.2 Å². The van der Waals surface area contributed by atoms with E-state index >= 15 is 0 Å². The Morgan fingerprint density at radius 1 is 1.03 bits per heavy atom. The number of aromatic nitrogens is 1. The molecule has 2 bridgehead atoms. The summed E-state index contributed by atoms with van der Waals surface area (Å²) in [6.07, 6.45) is 8.61. The first-order valence-corrected chi connectivity index (χ1v) is 10.9. The summed E-state index contributed by atoms with van der Waals surface area (Å²) in [6, 6.07) is 18.1. The number of anilines is 2. The van der Waals surface area contributed by atoms with Crippen LogP contribution in [0.2, 0.25) is 5.02 Å². The molecule has 3 heterocycles. The minimum Gasteiger partial charge on any atom is -0.353 e. The molecule has 152 valence electrons. The highest BCUT2D eigenvalue weighted by atomic mass is 35.5. The number of piperidine rings is 2. The largest absolute Gasteiger partial charge is 0.353 e. The normalized spacial score (nSPS) is 20.8. The number of halogens is 1. The number of carbonyl (C=O) groups is 1. The summed E-state index contributed by atoms with van der Waals surface area (Å²) in [6.45, 7) is 1.14. The van der Waals surface area contributed by atoms with Crippen molar-refractivity contribution in [3.05, 3.63) is 71.3 Å². The summed E-state index contributed by atoms with van der Waals surface area (Å²) in [5.74, 6) is 1.74. The average Bonchev–Trinajstić information content (AvgIpc) is 2.79. The predicted molar refractivity (Wildman–Crippen MR) is 124 cm³/mol. The van der Waals surface area contributed by atoms with E-state index in [9.17, 15) is 4.79 Å². The van der Waals surface area contributed by atoms with E-state index in [1.807, 2.05) is 30.3 Å². The molecule has 5 heteroatoms. The molecule has 1 aromatic heterocycles. The lowest BCUT2D eigenvalue weighted by molar-refractivity contribution is -0.111. The minimum atomic E-state index is -0.168. The molecule has 0 atom stereocenters. The second kappa shape index (κ2) is 8.11. The number of nitrogens with zero attached hydrogens (tertiary/aromatic N) is 2. The quantitative estimate of drug-likeness (QED) is 0.536. The van der Waals surface area contributed by atoms with Crippen LogP contribution in [0.25, 0.3) is 17.0 Å². The van der Waals surface area contributed by atoms with Crippen LogP contribution in [0.3, 0.4) is 0 Å². The third kappa shape index (κ3) is 4.05. The second-order valence-electron chi connectivity index (χ2n) is 8.28. The number of hydrogen-bond donors (Lipinski definition) is 1. The zero-order chi connectivity index (χ0) is 20.5. The van der Waals surface area contributed by atoms with E-state index in [2.05, 4.69) is 22.3 Å². The lowest BCUT2D eigenvalue weighted by Crippen LogP contribution is -2.48. The van der Waals surface area contributed by atoms with E-state index in [0.717, 1.165) is 40.4 Å². The van der Waals surface area contributed by atoms with Gasteiger partial charge in [-0.3, -0.25) is 4.79 Å². The fourth-order valence-electron chi connectivity index (χ4n) is 4.63. The number of nitrogens with one attached hydrogen (secondary N) is 1. The Hall–Kier alpha value is -2.85. The van der Waals surface area contributed by atoms with Gasteiger partial charge in [-0.05, 0) is 85.7 Å². The molecule has 2 saturated heterocycles. The van der Waals surface area contributed by atoms with Crippen molar-refractivity contribution in [1.82, 2.24) is 4.98 Å². The molecule has 0 spiro atoms. The van der Waals surface area contributed by atoms with Gasteiger partial charge in [-0.25, -0.2) is 4.98 Å². The number of carbonyl (C=O) groups excluding carboxylic acids is 1. The molecular weight excluding hydrogens is 394 g/mol. The fourth-order valence-corrected chi connectivity index (χ4v) is 4.76. The van der Waals surface area contributed by atoms with Gasteiger partial charge in [-0.1, -0.05) is 23.7 Å². The molecule has 3 aliphatic rings. The number of hydrogen-bond acceptors (Lipinski definition) is 3. The van der Waals surface area contributed by atoms with Crippen molar-refractivity contribution < 1.29 is 4.79 Å². The highest BCUT2D eigenvalue weighted by Crippen LogP contribution is 2.37. The van der Waals surface area contributed by atoms with E-state index in [0.29, 0.717) is 11.1 Å². The SMILES string of the molecule is O=C(/C=C/c1ccc(Cl)cc1)Nc1ccc2nc(N3CC4CCC3CC4)ccc2c1. The van der Waals surface area contributed by atoms with Gasteiger partial charge in [0.2, 0.25) is 5.91 Å². The van der Waals surface area contributed by atoms with E-state index in [1.54, 1.807) is 18.2 Å². The third-order valence-electron chi connectivity index (χ3n) is 6.25. The van der Waals surface area contributed by atoms with Crippen LogP contribution in [0.4, 0.5) is 11.5 Å². The standard InChI is InChI=1S/C25H24ClN3O/c26-20-7-1-17(2-8-20)5-14-25(30)27-21-9-12-23-19(15-21)6-13-24(28-23)29-16-18-3-10-22(29)11-4-18/h1-2,5-9,12-15,18,22H,3-4,10-11,16H2,(H,27,30)/b14-5+. The molecule has 6 rings (SSSR count). The van der Waals surface area contributed by atoms with Crippen molar-refractivity contribution in [2.75, 3.05) is 16.8 Å². The van der Waals surface area contributed by atoms with Gasteiger partial charge >= 0.3 is 0 Å². The molecule has 3 aromatic rings. The zero-order valence-electron chi connectivity index (χ0n) is 16.7. The first-order chi connectivity index (χ1) is 14.6. The van der Waals surface area contributed by atoms with Gasteiger partial charge in [0.05, 0.1) is 5.52 Å². The van der Waals surface area contributed by atoms with Crippen molar-refractivity contribution in [3.8, 4) is 0 Å². The maximum absolute atomic E-state index is 12.3. The number of pyridine rings is 1. The lowest BCUT2D eigenvalue weighted by Gasteiger charge is -2.46. The third-order valence-corrected chi connectivity index (χ3v) is 6.50. The fraction of sp³-hybridized carbons (Fsp3) is 0.280. The summed E-state index contributed by atoms with van der Waals surface area (Å²) < 4.78 is 0. The van der Waals surface area contributed by atoms with Crippen molar-refractivity contribution >= 4 is 46.0 Å². The highest BCUT2D eigenvalue weighted by Gasteiger charge is 2.34. The van der Waals surface area contributed by atoms with Crippen LogP contribution >= 0.6 is 11.6 Å². The Kier molecular flexibility index (Phi) is 5.17. The van der Waals surface area contributed by atoms with Crippen LogP contribution in [-0.2, 0) is 4.79 Å². The van der Waals surface area contributed by atoms with Crippen molar-refractivity contribution in [2.45, 2.75) is 31.7 Å². The Labute approximate surface area is 181 Å². The van der Waals surface area contributed by atoms with E-state index < -0.39 is 0 Å². The molecule has 1 saturated carbocycles. The minimum absolute atomic E-state index is 0.168. The van der Waals surface area contributed by atoms with Crippen LogP contribution in [0.15, 0.2) is 60.7 Å². The van der Waals surface area contributed by atoms with E-state index in [1.165, 1.54) is 31.8 Å². The maximum Gasteiger partial charge on any atom is 0.248 e. The van der Waals surface area contributed by atoms with Crippen molar-refractivity contribution in [2.24, 2.45) is 5.92 Å². The van der Waals surface area contributed by atoms with Crippen LogP contribution in [0, 0.1) is 5.92 Å². The smallest absolute Gasteiger partial charge is 0.248 e. The number of rotatable bonds is 4. The maximum atomic E-state index is 12.3.